The molecule has 12 heteroatoms. The number of rotatable bonds is 6. The largest absolute Gasteiger partial charge is 0.463 e. The Bertz CT molecular complexity index is 901. The molecule has 0 aliphatic carbocycles. The lowest BCUT2D eigenvalue weighted by atomic mass is 9.96. The molecular formula is C18H21N3O7S2. The molecule has 30 heavy (non-hydrogen) atoms. The Hall–Kier alpha value is -2.44. The fraction of sp³-hybridized carbons (Fsp3) is 0.500. The molecule has 0 saturated carbocycles. The highest BCUT2D eigenvalue weighted by Gasteiger charge is 2.50. The molecule has 0 aromatic carbocycles. The van der Waals surface area contributed by atoms with Gasteiger partial charge < -0.3 is 18.9 Å². The molecule has 0 bridgehead atoms. The molecule has 0 N–H and O–H groups in total. The highest BCUT2D eigenvalue weighted by Crippen LogP contribution is 2.36. The Morgan fingerprint density at radius 2 is 1.87 bits per heavy atom. The molecule has 3 rings (SSSR count). The van der Waals surface area contributed by atoms with Gasteiger partial charge in [0.1, 0.15) is 29.9 Å². The summed E-state index contributed by atoms with van der Waals surface area (Å²) in [6, 6.07) is 1.08. The quantitative estimate of drug-likeness (QED) is 0.394. The Kier molecular flexibility index (Phi) is 7.10. The van der Waals surface area contributed by atoms with Crippen LogP contribution in [0.4, 0.5) is 0 Å². The fourth-order valence-corrected chi connectivity index (χ4v) is 4.21. The maximum Gasteiger partial charge on any atom is 0.303 e. The van der Waals surface area contributed by atoms with Crippen LogP contribution in [0.15, 0.2) is 23.0 Å². The standard InChI is InChI=1S/C18H21N3O7S2/c1-9(22)25-7-14-16(26-10(2)23)15(17(18(29)28-14)27-11(3)24)21-6-13(19-20-21)12-4-5-30-8-12/h4-6,8,14-18,29H,7H2,1-3H3/t14-,15+,16+,17-,18+/m1/s1. The summed E-state index contributed by atoms with van der Waals surface area (Å²) in [5.74, 6) is -1.67. The van der Waals surface area contributed by atoms with E-state index in [1.54, 1.807) is 6.20 Å². The molecule has 2 aromatic rings. The first-order valence-corrected chi connectivity index (χ1v) is 10.5. The van der Waals surface area contributed by atoms with Crippen LogP contribution in [0.1, 0.15) is 26.8 Å². The van der Waals surface area contributed by atoms with Gasteiger partial charge in [-0.15, -0.1) is 17.7 Å². The normalized spacial score (nSPS) is 26.1. The highest BCUT2D eigenvalue weighted by molar-refractivity contribution is 7.80. The van der Waals surface area contributed by atoms with Crippen molar-refractivity contribution in [3.8, 4) is 11.3 Å². The lowest BCUT2D eigenvalue weighted by molar-refractivity contribution is -0.211. The van der Waals surface area contributed by atoms with E-state index in [2.05, 4.69) is 22.9 Å². The van der Waals surface area contributed by atoms with Crippen molar-refractivity contribution in [2.24, 2.45) is 0 Å². The molecular weight excluding hydrogens is 434 g/mol. The summed E-state index contributed by atoms with van der Waals surface area (Å²) in [7, 11) is 0. The average Bonchev–Trinajstić information content (AvgIpc) is 3.33. The maximum atomic E-state index is 11.8. The van der Waals surface area contributed by atoms with Crippen molar-refractivity contribution >= 4 is 41.9 Å². The summed E-state index contributed by atoms with van der Waals surface area (Å²) in [6.07, 6.45) is -1.12. The van der Waals surface area contributed by atoms with Gasteiger partial charge in [0.05, 0.1) is 6.20 Å². The van der Waals surface area contributed by atoms with E-state index in [-0.39, 0.29) is 6.61 Å². The van der Waals surface area contributed by atoms with Gasteiger partial charge >= 0.3 is 17.9 Å². The second-order valence-corrected chi connectivity index (χ2v) is 7.89. The van der Waals surface area contributed by atoms with Crippen molar-refractivity contribution in [2.75, 3.05) is 6.61 Å². The van der Waals surface area contributed by atoms with Crippen molar-refractivity contribution in [2.45, 2.75) is 50.6 Å². The van der Waals surface area contributed by atoms with Gasteiger partial charge in [0, 0.05) is 31.7 Å². The van der Waals surface area contributed by atoms with E-state index in [4.69, 9.17) is 18.9 Å². The van der Waals surface area contributed by atoms with E-state index in [0.717, 1.165) is 5.56 Å². The van der Waals surface area contributed by atoms with E-state index in [1.807, 2.05) is 16.8 Å². The molecule has 2 aromatic heterocycles. The van der Waals surface area contributed by atoms with Gasteiger partial charge in [-0.25, -0.2) is 4.68 Å². The third kappa shape index (κ3) is 5.18. The van der Waals surface area contributed by atoms with Crippen LogP contribution < -0.4 is 0 Å². The molecule has 1 aliphatic heterocycles. The Balaban J connectivity index is 2.00. The SMILES string of the molecule is CC(=O)OC[C@H]1O[C@@H](S)[C@H](OC(C)=O)[C@@H](n2cc(-c3ccsc3)nn2)[C@H]1OC(C)=O. The topological polar surface area (TPSA) is 119 Å². The minimum absolute atomic E-state index is 0.181. The van der Waals surface area contributed by atoms with Gasteiger partial charge in [-0.1, -0.05) is 5.21 Å². The number of ether oxygens (including phenoxy) is 4. The Morgan fingerprint density at radius 1 is 1.17 bits per heavy atom. The van der Waals surface area contributed by atoms with Crippen LogP contribution in [0.25, 0.3) is 11.3 Å². The molecule has 162 valence electrons. The molecule has 5 atom stereocenters. The van der Waals surface area contributed by atoms with E-state index in [0.29, 0.717) is 5.69 Å². The van der Waals surface area contributed by atoms with Crippen LogP contribution in [0, 0.1) is 0 Å². The van der Waals surface area contributed by atoms with Gasteiger partial charge in [-0.3, -0.25) is 14.4 Å². The fourth-order valence-electron chi connectivity index (χ4n) is 3.17. The Labute approximate surface area is 181 Å². The van der Waals surface area contributed by atoms with Gasteiger partial charge in [-0.2, -0.15) is 11.3 Å². The summed E-state index contributed by atoms with van der Waals surface area (Å²) in [5.41, 5.74) is 0.573. The predicted molar refractivity (Wildman–Crippen MR) is 108 cm³/mol. The zero-order chi connectivity index (χ0) is 21.8. The monoisotopic (exact) mass is 455 g/mol. The summed E-state index contributed by atoms with van der Waals surface area (Å²) in [6.45, 7) is 3.57. The first-order chi connectivity index (χ1) is 14.3. The number of aromatic nitrogens is 3. The van der Waals surface area contributed by atoms with E-state index in [9.17, 15) is 14.4 Å². The molecule has 0 radical (unpaired) electrons. The summed E-state index contributed by atoms with van der Waals surface area (Å²) in [5, 5.41) is 12.2. The smallest absolute Gasteiger partial charge is 0.303 e. The number of hydrogen-bond acceptors (Lipinski definition) is 11. The number of thiophene rings is 1. The van der Waals surface area contributed by atoms with Gasteiger partial charge in [0.2, 0.25) is 0 Å². The molecule has 0 spiro atoms. The van der Waals surface area contributed by atoms with E-state index >= 15 is 0 Å². The summed E-state index contributed by atoms with van der Waals surface area (Å²) >= 11 is 5.91. The van der Waals surface area contributed by atoms with Gasteiger partial charge in [0.25, 0.3) is 0 Å². The van der Waals surface area contributed by atoms with Crippen molar-refractivity contribution < 1.29 is 33.3 Å². The van der Waals surface area contributed by atoms with Crippen LogP contribution in [0.3, 0.4) is 0 Å². The second kappa shape index (κ2) is 9.58. The average molecular weight is 456 g/mol. The van der Waals surface area contributed by atoms with Crippen molar-refractivity contribution in [3.63, 3.8) is 0 Å². The number of carbonyl (C=O) groups excluding carboxylic acids is 3. The van der Waals surface area contributed by atoms with Crippen molar-refractivity contribution in [1.82, 2.24) is 15.0 Å². The number of thiol groups is 1. The number of hydrogen-bond donors (Lipinski definition) is 1. The Morgan fingerprint density at radius 3 is 2.47 bits per heavy atom. The molecule has 1 fully saturated rings. The number of carbonyl (C=O) groups is 3. The minimum atomic E-state index is -0.980. The third-order valence-electron chi connectivity index (χ3n) is 4.32. The van der Waals surface area contributed by atoms with Crippen LogP contribution in [-0.4, -0.2) is 63.3 Å². The maximum absolute atomic E-state index is 11.8. The summed E-state index contributed by atoms with van der Waals surface area (Å²) < 4.78 is 23.2. The first-order valence-electron chi connectivity index (χ1n) is 9.02. The zero-order valence-corrected chi connectivity index (χ0v) is 18.2. The van der Waals surface area contributed by atoms with Crippen LogP contribution in [0.5, 0.6) is 0 Å². The van der Waals surface area contributed by atoms with Crippen LogP contribution in [-0.2, 0) is 33.3 Å². The van der Waals surface area contributed by atoms with E-state index < -0.39 is 47.7 Å². The molecule has 0 unspecified atom stereocenters. The van der Waals surface area contributed by atoms with Crippen molar-refractivity contribution in [1.29, 1.82) is 0 Å². The van der Waals surface area contributed by atoms with Gasteiger partial charge in [0.15, 0.2) is 12.2 Å². The zero-order valence-electron chi connectivity index (χ0n) is 16.5. The molecule has 0 amide bonds. The van der Waals surface area contributed by atoms with Crippen LogP contribution in [0.2, 0.25) is 0 Å². The predicted octanol–water partition coefficient (Wildman–Crippen LogP) is 1.63. The van der Waals surface area contributed by atoms with Crippen LogP contribution >= 0.6 is 24.0 Å². The molecule has 3 heterocycles. The first kappa shape index (κ1) is 22.2. The molecule has 1 saturated heterocycles. The van der Waals surface area contributed by atoms with E-state index in [1.165, 1.54) is 36.8 Å². The molecule has 1 aliphatic rings. The lowest BCUT2D eigenvalue weighted by Gasteiger charge is -2.43. The lowest BCUT2D eigenvalue weighted by Crippen LogP contribution is -2.57. The number of nitrogens with zero attached hydrogens (tertiary/aromatic N) is 3. The number of esters is 3. The summed E-state index contributed by atoms with van der Waals surface area (Å²) in [4.78, 5) is 34.8. The van der Waals surface area contributed by atoms with Crippen molar-refractivity contribution in [3.05, 3.63) is 23.0 Å². The molecule has 10 nitrogen and oxygen atoms in total. The third-order valence-corrected chi connectivity index (χ3v) is 5.42. The highest BCUT2D eigenvalue weighted by atomic mass is 32.1. The second-order valence-electron chi connectivity index (χ2n) is 6.60. The minimum Gasteiger partial charge on any atom is -0.463 e. The van der Waals surface area contributed by atoms with Gasteiger partial charge in [-0.05, 0) is 11.4 Å².